The first-order chi connectivity index (χ1) is 10.3. The standard InChI is InChI=1S/C18H31NOS/c1-3-5-6-7-8-9-10-11-12-15-19(4-2)18(20)17-14-13-16-21-17/h13-14,16H,3-12,15H2,1-2H3. The van der Waals surface area contributed by atoms with Crippen molar-refractivity contribution in [2.45, 2.75) is 71.6 Å². The molecule has 0 aliphatic carbocycles. The van der Waals surface area contributed by atoms with Gasteiger partial charge in [-0.15, -0.1) is 11.3 Å². The number of unbranched alkanes of at least 4 members (excludes halogenated alkanes) is 8. The lowest BCUT2D eigenvalue weighted by atomic mass is 10.1. The maximum atomic E-state index is 12.2. The molecule has 1 aromatic rings. The minimum absolute atomic E-state index is 0.201. The molecule has 0 N–H and O–H groups in total. The summed E-state index contributed by atoms with van der Waals surface area (Å²) >= 11 is 1.54. The lowest BCUT2D eigenvalue weighted by Gasteiger charge is -2.20. The van der Waals surface area contributed by atoms with Gasteiger partial charge in [-0.1, -0.05) is 64.4 Å². The van der Waals surface area contributed by atoms with Crippen molar-refractivity contribution in [3.63, 3.8) is 0 Å². The van der Waals surface area contributed by atoms with E-state index in [0.717, 1.165) is 24.4 Å². The molecule has 1 rings (SSSR count). The molecule has 120 valence electrons. The summed E-state index contributed by atoms with van der Waals surface area (Å²) in [5.74, 6) is 0.201. The van der Waals surface area contributed by atoms with Gasteiger partial charge in [0, 0.05) is 13.1 Å². The Morgan fingerprint density at radius 3 is 2.14 bits per heavy atom. The van der Waals surface area contributed by atoms with Crippen LogP contribution < -0.4 is 0 Å². The van der Waals surface area contributed by atoms with E-state index < -0.39 is 0 Å². The first kappa shape index (κ1) is 18.2. The minimum Gasteiger partial charge on any atom is -0.338 e. The van der Waals surface area contributed by atoms with Gasteiger partial charge in [-0.05, 0) is 24.8 Å². The Morgan fingerprint density at radius 2 is 1.62 bits per heavy atom. The van der Waals surface area contributed by atoms with Gasteiger partial charge in [-0.3, -0.25) is 4.79 Å². The van der Waals surface area contributed by atoms with E-state index in [2.05, 4.69) is 13.8 Å². The van der Waals surface area contributed by atoms with Gasteiger partial charge in [-0.25, -0.2) is 0 Å². The van der Waals surface area contributed by atoms with Crippen LogP contribution in [-0.2, 0) is 0 Å². The summed E-state index contributed by atoms with van der Waals surface area (Å²) in [7, 11) is 0. The lowest BCUT2D eigenvalue weighted by molar-refractivity contribution is 0.0766. The Balaban J connectivity index is 2.06. The second kappa shape index (κ2) is 11.8. The summed E-state index contributed by atoms with van der Waals surface area (Å²) in [5.41, 5.74) is 0. The van der Waals surface area contributed by atoms with E-state index in [9.17, 15) is 4.79 Å². The zero-order chi connectivity index (χ0) is 15.3. The summed E-state index contributed by atoms with van der Waals surface area (Å²) in [6.07, 6.45) is 11.9. The first-order valence-electron chi connectivity index (χ1n) is 8.62. The SMILES string of the molecule is CCCCCCCCCCCN(CC)C(=O)c1cccs1. The van der Waals surface area contributed by atoms with Gasteiger partial charge in [0.15, 0.2) is 0 Å². The molecule has 0 spiro atoms. The van der Waals surface area contributed by atoms with E-state index in [-0.39, 0.29) is 5.91 Å². The fourth-order valence-electron chi connectivity index (χ4n) is 2.57. The van der Waals surface area contributed by atoms with E-state index in [4.69, 9.17) is 0 Å². The third-order valence-electron chi connectivity index (χ3n) is 3.93. The smallest absolute Gasteiger partial charge is 0.263 e. The van der Waals surface area contributed by atoms with E-state index in [1.807, 2.05) is 22.4 Å². The summed E-state index contributed by atoms with van der Waals surface area (Å²) in [6.45, 7) is 6.05. The van der Waals surface area contributed by atoms with Gasteiger partial charge in [-0.2, -0.15) is 0 Å². The van der Waals surface area contributed by atoms with Crippen LogP contribution in [0.5, 0.6) is 0 Å². The topological polar surface area (TPSA) is 20.3 Å². The van der Waals surface area contributed by atoms with Crippen molar-refractivity contribution in [1.29, 1.82) is 0 Å². The number of amides is 1. The average molecular weight is 310 g/mol. The molecule has 3 heteroatoms. The zero-order valence-corrected chi connectivity index (χ0v) is 14.6. The fourth-order valence-corrected chi connectivity index (χ4v) is 3.26. The van der Waals surface area contributed by atoms with E-state index in [1.54, 1.807) is 11.3 Å². The molecule has 2 nitrogen and oxygen atoms in total. The molecule has 0 saturated carbocycles. The van der Waals surface area contributed by atoms with Crippen LogP contribution >= 0.6 is 11.3 Å². The van der Waals surface area contributed by atoms with Crippen LogP contribution in [0.1, 0.15) is 81.3 Å². The Bertz CT molecular complexity index is 361. The van der Waals surface area contributed by atoms with Crippen LogP contribution in [0.25, 0.3) is 0 Å². The van der Waals surface area contributed by atoms with Gasteiger partial charge in [0.25, 0.3) is 5.91 Å². The molecule has 0 saturated heterocycles. The molecule has 0 unspecified atom stereocenters. The number of carbonyl (C=O) groups excluding carboxylic acids is 1. The molecule has 21 heavy (non-hydrogen) atoms. The molecular formula is C18H31NOS. The molecular weight excluding hydrogens is 278 g/mol. The highest BCUT2D eigenvalue weighted by molar-refractivity contribution is 7.12. The normalized spacial score (nSPS) is 10.8. The van der Waals surface area contributed by atoms with Crippen LogP contribution in [0.3, 0.4) is 0 Å². The number of nitrogens with zero attached hydrogens (tertiary/aromatic N) is 1. The number of carbonyl (C=O) groups is 1. The van der Waals surface area contributed by atoms with Crippen LogP contribution in [0.4, 0.5) is 0 Å². The van der Waals surface area contributed by atoms with E-state index >= 15 is 0 Å². The Labute approximate surface area is 134 Å². The molecule has 1 aromatic heterocycles. The highest BCUT2D eigenvalue weighted by Gasteiger charge is 2.14. The lowest BCUT2D eigenvalue weighted by Crippen LogP contribution is -2.31. The molecule has 0 aromatic carbocycles. The monoisotopic (exact) mass is 309 g/mol. The van der Waals surface area contributed by atoms with Crippen molar-refractivity contribution < 1.29 is 4.79 Å². The second-order valence-corrected chi connectivity index (χ2v) is 6.64. The molecule has 1 amide bonds. The predicted molar refractivity (Wildman–Crippen MR) is 93.1 cm³/mol. The maximum Gasteiger partial charge on any atom is 0.263 e. The van der Waals surface area contributed by atoms with Gasteiger partial charge in [0.05, 0.1) is 4.88 Å². The molecule has 0 atom stereocenters. The van der Waals surface area contributed by atoms with Gasteiger partial charge >= 0.3 is 0 Å². The number of thiophene rings is 1. The Hall–Kier alpha value is -0.830. The van der Waals surface area contributed by atoms with Gasteiger partial charge in [0.2, 0.25) is 0 Å². The highest BCUT2D eigenvalue weighted by Crippen LogP contribution is 2.14. The van der Waals surface area contributed by atoms with Gasteiger partial charge < -0.3 is 4.90 Å². The highest BCUT2D eigenvalue weighted by atomic mass is 32.1. The first-order valence-corrected chi connectivity index (χ1v) is 9.50. The minimum atomic E-state index is 0.201. The Morgan fingerprint density at radius 1 is 1.00 bits per heavy atom. The molecule has 0 aliphatic rings. The molecule has 0 aliphatic heterocycles. The van der Waals surface area contributed by atoms with Crippen molar-refractivity contribution >= 4 is 17.2 Å². The summed E-state index contributed by atoms with van der Waals surface area (Å²) < 4.78 is 0. The van der Waals surface area contributed by atoms with Crippen LogP contribution in [-0.4, -0.2) is 23.9 Å². The number of hydrogen-bond donors (Lipinski definition) is 0. The molecule has 0 bridgehead atoms. The predicted octanol–water partition coefficient (Wildman–Crippen LogP) is 5.74. The maximum absolute atomic E-state index is 12.2. The van der Waals surface area contributed by atoms with Gasteiger partial charge in [0.1, 0.15) is 0 Å². The Kier molecular flexibility index (Phi) is 10.2. The summed E-state index contributed by atoms with van der Waals surface area (Å²) in [6, 6.07) is 3.87. The molecule has 0 radical (unpaired) electrons. The molecule has 0 fully saturated rings. The fraction of sp³-hybridized carbons (Fsp3) is 0.722. The quantitative estimate of drug-likeness (QED) is 0.451. The van der Waals surface area contributed by atoms with Crippen molar-refractivity contribution in [2.24, 2.45) is 0 Å². The van der Waals surface area contributed by atoms with Crippen molar-refractivity contribution in [3.05, 3.63) is 22.4 Å². The van der Waals surface area contributed by atoms with Crippen molar-refractivity contribution in [3.8, 4) is 0 Å². The van der Waals surface area contributed by atoms with Crippen LogP contribution in [0.15, 0.2) is 17.5 Å². The summed E-state index contributed by atoms with van der Waals surface area (Å²) in [5, 5.41) is 1.97. The van der Waals surface area contributed by atoms with Crippen molar-refractivity contribution in [2.75, 3.05) is 13.1 Å². The zero-order valence-electron chi connectivity index (χ0n) is 13.8. The van der Waals surface area contributed by atoms with Crippen LogP contribution in [0, 0.1) is 0 Å². The third-order valence-corrected chi connectivity index (χ3v) is 4.79. The number of rotatable bonds is 12. The number of hydrogen-bond acceptors (Lipinski definition) is 2. The molecule has 1 heterocycles. The van der Waals surface area contributed by atoms with Crippen molar-refractivity contribution in [1.82, 2.24) is 4.90 Å². The van der Waals surface area contributed by atoms with E-state index in [1.165, 1.54) is 51.4 Å². The van der Waals surface area contributed by atoms with E-state index in [0.29, 0.717) is 0 Å². The van der Waals surface area contributed by atoms with Crippen LogP contribution in [0.2, 0.25) is 0 Å². The largest absolute Gasteiger partial charge is 0.338 e. The third kappa shape index (κ3) is 7.66. The second-order valence-electron chi connectivity index (χ2n) is 5.69. The average Bonchev–Trinajstić information content (AvgIpc) is 3.03. The summed E-state index contributed by atoms with van der Waals surface area (Å²) in [4.78, 5) is 15.1.